The minimum absolute atomic E-state index is 0.612. The van der Waals surface area contributed by atoms with Crippen LogP contribution < -0.4 is 10.5 Å². The van der Waals surface area contributed by atoms with Gasteiger partial charge in [-0.15, -0.1) is 0 Å². The Morgan fingerprint density at radius 1 is 1.00 bits per heavy atom. The van der Waals surface area contributed by atoms with Crippen molar-refractivity contribution in [1.82, 2.24) is 0 Å². The molecule has 2 heteroatoms. The third-order valence-corrected chi connectivity index (χ3v) is 3.48. The van der Waals surface area contributed by atoms with E-state index in [-0.39, 0.29) is 0 Å². The van der Waals surface area contributed by atoms with E-state index in [0.717, 1.165) is 5.75 Å². The lowest BCUT2D eigenvalue weighted by atomic mass is 10.1. The fraction of sp³-hybridized carbons (Fsp3) is 0.250. The highest BCUT2D eigenvalue weighted by molar-refractivity contribution is 5.33. The maximum absolute atomic E-state index is 5.76. The average Bonchev–Trinajstić information content (AvgIpc) is 3.15. The van der Waals surface area contributed by atoms with Crippen molar-refractivity contribution in [2.45, 2.75) is 25.0 Å². The van der Waals surface area contributed by atoms with E-state index in [2.05, 4.69) is 42.1 Å². The molecule has 2 atom stereocenters. The molecule has 0 radical (unpaired) electrons. The van der Waals surface area contributed by atoms with Gasteiger partial charge in [-0.1, -0.05) is 42.5 Å². The zero-order valence-electron chi connectivity index (χ0n) is 10.4. The maximum atomic E-state index is 5.76. The molecule has 0 saturated heterocycles. The first-order valence-corrected chi connectivity index (χ1v) is 6.43. The molecule has 0 spiro atoms. The smallest absolute Gasteiger partial charge is 0.119 e. The van der Waals surface area contributed by atoms with Gasteiger partial charge in [0.05, 0.1) is 6.04 Å². The maximum Gasteiger partial charge on any atom is 0.119 e. The Morgan fingerprint density at radius 3 is 2.28 bits per heavy atom. The Balaban J connectivity index is 1.60. The highest BCUT2D eigenvalue weighted by atomic mass is 16.5. The van der Waals surface area contributed by atoms with E-state index in [1.165, 1.54) is 17.5 Å². The number of rotatable bonds is 4. The van der Waals surface area contributed by atoms with Crippen LogP contribution in [0.1, 0.15) is 23.5 Å². The van der Waals surface area contributed by atoms with Crippen molar-refractivity contribution in [3.8, 4) is 5.75 Å². The first-order chi connectivity index (χ1) is 8.83. The SMILES string of the molecule is [NH3+]C1CC1c1ccc(OCc2ccccc2)cc1. The van der Waals surface area contributed by atoms with Crippen LogP contribution in [0, 0.1) is 0 Å². The van der Waals surface area contributed by atoms with Crippen molar-refractivity contribution in [3.63, 3.8) is 0 Å². The van der Waals surface area contributed by atoms with Gasteiger partial charge < -0.3 is 10.5 Å². The molecule has 2 aromatic rings. The Kier molecular flexibility index (Phi) is 3.03. The molecule has 0 bridgehead atoms. The van der Waals surface area contributed by atoms with Crippen molar-refractivity contribution < 1.29 is 10.5 Å². The average molecular weight is 240 g/mol. The number of benzene rings is 2. The van der Waals surface area contributed by atoms with Gasteiger partial charge in [0.2, 0.25) is 0 Å². The minimum atomic E-state index is 0.612. The van der Waals surface area contributed by atoms with Gasteiger partial charge in [0.25, 0.3) is 0 Å². The molecule has 0 heterocycles. The second-order valence-corrected chi connectivity index (χ2v) is 4.95. The normalized spacial score (nSPS) is 21.6. The van der Waals surface area contributed by atoms with E-state index < -0.39 is 0 Å². The molecule has 0 aliphatic heterocycles. The Morgan fingerprint density at radius 2 is 1.67 bits per heavy atom. The highest BCUT2D eigenvalue weighted by Gasteiger charge is 2.38. The van der Waals surface area contributed by atoms with Gasteiger partial charge in [-0.25, -0.2) is 0 Å². The third kappa shape index (κ3) is 2.54. The molecule has 1 aliphatic rings. The van der Waals surface area contributed by atoms with Crippen molar-refractivity contribution in [2.24, 2.45) is 0 Å². The molecule has 1 saturated carbocycles. The topological polar surface area (TPSA) is 36.9 Å². The van der Waals surface area contributed by atoms with Crippen LogP contribution in [0.25, 0.3) is 0 Å². The number of ether oxygens (including phenoxy) is 1. The fourth-order valence-corrected chi connectivity index (χ4v) is 2.21. The van der Waals surface area contributed by atoms with Gasteiger partial charge in [0, 0.05) is 12.3 Å². The molecule has 18 heavy (non-hydrogen) atoms. The molecule has 0 aromatic heterocycles. The summed E-state index contributed by atoms with van der Waals surface area (Å²) >= 11 is 0. The summed E-state index contributed by atoms with van der Waals surface area (Å²) in [6.45, 7) is 0.627. The van der Waals surface area contributed by atoms with Crippen molar-refractivity contribution in [2.75, 3.05) is 0 Å². The Hall–Kier alpha value is -1.80. The zero-order chi connectivity index (χ0) is 12.4. The van der Waals surface area contributed by atoms with Crippen LogP contribution in [0.4, 0.5) is 0 Å². The van der Waals surface area contributed by atoms with E-state index >= 15 is 0 Å². The number of hydrogen-bond donors (Lipinski definition) is 1. The molecule has 92 valence electrons. The van der Waals surface area contributed by atoms with Crippen LogP contribution in [0.2, 0.25) is 0 Å². The van der Waals surface area contributed by atoms with Gasteiger partial charge >= 0.3 is 0 Å². The summed E-state index contributed by atoms with van der Waals surface area (Å²) in [5.41, 5.74) is 6.66. The lowest BCUT2D eigenvalue weighted by Crippen LogP contribution is -2.53. The molecule has 2 aromatic carbocycles. The van der Waals surface area contributed by atoms with Crippen LogP contribution in [-0.2, 0) is 6.61 Å². The zero-order valence-corrected chi connectivity index (χ0v) is 10.4. The summed E-state index contributed by atoms with van der Waals surface area (Å²) < 4.78 is 5.76. The van der Waals surface area contributed by atoms with E-state index in [9.17, 15) is 0 Å². The second-order valence-electron chi connectivity index (χ2n) is 4.95. The largest absolute Gasteiger partial charge is 0.489 e. The highest BCUT2D eigenvalue weighted by Crippen LogP contribution is 2.38. The molecule has 3 rings (SSSR count). The van der Waals surface area contributed by atoms with E-state index in [0.29, 0.717) is 18.6 Å². The first kappa shape index (κ1) is 11.3. The summed E-state index contributed by atoms with van der Waals surface area (Å²) in [6, 6.07) is 19.3. The Labute approximate surface area is 107 Å². The van der Waals surface area contributed by atoms with Crippen molar-refractivity contribution in [3.05, 3.63) is 65.7 Å². The summed E-state index contributed by atoms with van der Waals surface area (Å²) in [5.74, 6) is 1.61. The van der Waals surface area contributed by atoms with Gasteiger partial charge in [0.15, 0.2) is 0 Å². The molecule has 2 nitrogen and oxygen atoms in total. The molecule has 0 amide bonds. The molecule has 1 fully saturated rings. The summed E-state index contributed by atoms with van der Waals surface area (Å²) in [5, 5.41) is 0. The van der Waals surface area contributed by atoms with Gasteiger partial charge in [-0.05, 0) is 23.3 Å². The van der Waals surface area contributed by atoms with E-state index in [1.54, 1.807) is 0 Å². The molecule has 1 aliphatic carbocycles. The molecule has 3 N–H and O–H groups in total. The van der Waals surface area contributed by atoms with Crippen LogP contribution in [0.3, 0.4) is 0 Å². The van der Waals surface area contributed by atoms with Gasteiger partial charge in [-0.2, -0.15) is 0 Å². The summed E-state index contributed by atoms with van der Waals surface area (Å²) in [7, 11) is 0. The van der Waals surface area contributed by atoms with Crippen LogP contribution in [0.5, 0.6) is 5.75 Å². The fourth-order valence-electron chi connectivity index (χ4n) is 2.21. The van der Waals surface area contributed by atoms with Crippen LogP contribution in [-0.4, -0.2) is 6.04 Å². The lowest BCUT2D eigenvalue weighted by molar-refractivity contribution is -0.386. The molecular weight excluding hydrogens is 222 g/mol. The van der Waals surface area contributed by atoms with Crippen molar-refractivity contribution in [1.29, 1.82) is 0 Å². The van der Waals surface area contributed by atoms with Crippen LogP contribution in [0.15, 0.2) is 54.6 Å². The summed E-state index contributed by atoms with van der Waals surface area (Å²) in [6.07, 6.45) is 1.23. The monoisotopic (exact) mass is 240 g/mol. The number of quaternary nitrogens is 1. The van der Waals surface area contributed by atoms with E-state index in [1.807, 2.05) is 18.2 Å². The lowest BCUT2D eigenvalue weighted by Gasteiger charge is -2.06. The van der Waals surface area contributed by atoms with Gasteiger partial charge in [0.1, 0.15) is 12.4 Å². The minimum Gasteiger partial charge on any atom is -0.489 e. The van der Waals surface area contributed by atoms with Crippen LogP contribution >= 0.6 is 0 Å². The van der Waals surface area contributed by atoms with Gasteiger partial charge in [-0.3, -0.25) is 0 Å². The van der Waals surface area contributed by atoms with Crippen molar-refractivity contribution >= 4 is 0 Å². The second kappa shape index (κ2) is 4.83. The summed E-state index contributed by atoms with van der Waals surface area (Å²) in [4.78, 5) is 0. The number of hydrogen-bond acceptors (Lipinski definition) is 1. The standard InChI is InChI=1S/C16H17NO/c17-16-10-15(16)13-6-8-14(9-7-13)18-11-12-4-2-1-3-5-12/h1-9,15-16H,10-11,17H2/p+1. The third-order valence-electron chi connectivity index (χ3n) is 3.48. The predicted octanol–water partition coefficient (Wildman–Crippen LogP) is 2.36. The first-order valence-electron chi connectivity index (χ1n) is 6.43. The quantitative estimate of drug-likeness (QED) is 0.875. The molecule has 2 unspecified atom stereocenters. The predicted molar refractivity (Wildman–Crippen MR) is 71.3 cm³/mol. The molecular formula is C16H18NO+. The Bertz CT molecular complexity index is 506. The van der Waals surface area contributed by atoms with E-state index in [4.69, 9.17) is 4.74 Å².